The molecule has 3 amide bonds. The van der Waals surface area contributed by atoms with E-state index in [4.69, 9.17) is 17.3 Å². The van der Waals surface area contributed by atoms with Crippen molar-refractivity contribution in [1.82, 2.24) is 4.90 Å². The van der Waals surface area contributed by atoms with Crippen LogP contribution in [-0.2, 0) is 14.4 Å². The smallest absolute Gasteiger partial charge is 0.265 e. The summed E-state index contributed by atoms with van der Waals surface area (Å²) in [6.45, 7) is 0.886. The lowest BCUT2D eigenvalue weighted by atomic mass is 9.96. The fraction of sp³-hybridized carbons (Fsp3) is 0.261. The average Bonchev–Trinajstić information content (AvgIpc) is 2.76. The highest BCUT2D eigenvalue weighted by Crippen LogP contribution is 2.42. The van der Waals surface area contributed by atoms with Crippen LogP contribution >= 0.6 is 23.4 Å². The number of piperidine rings is 1. The molecular weight excluding hydrogens is 434 g/mol. The Labute approximate surface area is 190 Å². The lowest BCUT2D eigenvalue weighted by Gasteiger charge is -2.34. The molecule has 0 aliphatic carbocycles. The van der Waals surface area contributed by atoms with Crippen LogP contribution in [0.3, 0.4) is 0 Å². The van der Waals surface area contributed by atoms with Gasteiger partial charge in [0.05, 0.1) is 10.6 Å². The Morgan fingerprint density at radius 3 is 2.58 bits per heavy atom. The van der Waals surface area contributed by atoms with Crippen molar-refractivity contribution in [2.75, 3.05) is 24.5 Å². The van der Waals surface area contributed by atoms with Crippen molar-refractivity contribution in [1.29, 1.82) is 0 Å². The quantitative estimate of drug-likeness (QED) is 0.714. The van der Waals surface area contributed by atoms with Gasteiger partial charge in [-0.2, -0.15) is 0 Å². The van der Waals surface area contributed by atoms with Gasteiger partial charge < -0.3 is 10.6 Å². The molecule has 1 fully saturated rings. The van der Waals surface area contributed by atoms with Crippen LogP contribution in [0.15, 0.2) is 58.3 Å². The van der Waals surface area contributed by atoms with Crippen LogP contribution in [0.25, 0.3) is 6.08 Å². The summed E-state index contributed by atoms with van der Waals surface area (Å²) in [5, 5.41) is 0.592. The predicted molar refractivity (Wildman–Crippen MR) is 123 cm³/mol. The number of hydrogen-bond donors (Lipinski definition) is 1. The third-order valence-electron chi connectivity index (χ3n) is 5.52. The first-order valence-electron chi connectivity index (χ1n) is 10.1. The number of carbonyl (C=O) groups is 3. The lowest BCUT2D eigenvalue weighted by molar-refractivity contribution is -0.134. The van der Waals surface area contributed by atoms with Gasteiger partial charge in [-0.15, -0.1) is 0 Å². The van der Waals surface area contributed by atoms with Crippen molar-refractivity contribution in [3.63, 3.8) is 0 Å². The van der Waals surface area contributed by atoms with Gasteiger partial charge in [-0.3, -0.25) is 19.3 Å². The molecule has 6 nitrogen and oxygen atoms in total. The largest absolute Gasteiger partial charge is 0.369 e. The number of likely N-dealkylation sites (tertiary alicyclic amines) is 1. The molecule has 0 spiro atoms. The number of benzene rings is 2. The van der Waals surface area contributed by atoms with Crippen LogP contribution in [0.5, 0.6) is 0 Å². The van der Waals surface area contributed by atoms with Gasteiger partial charge in [-0.25, -0.2) is 0 Å². The zero-order valence-electron chi connectivity index (χ0n) is 16.8. The number of hydrogen-bond acceptors (Lipinski definition) is 4. The van der Waals surface area contributed by atoms with Crippen molar-refractivity contribution < 1.29 is 14.4 Å². The van der Waals surface area contributed by atoms with E-state index < -0.39 is 0 Å². The van der Waals surface area contributed by atoms with E-state index in [-0.39, 0.29) is 30.2 Å². The minimum absolute atomic E-state index is 0.0511. The Bertz CT molecular complexity index is 1060. The number of anilines is 1. The van der Waals surface area contributed by atoms with Gasteiger partial charge in [-0.1, -0.05) is 47.6 Å². The third-order valence-corrected chi connectivity index (χ3v) is 6.83. The maximum Gasteiger partial charge on any atom is 0.265 e. The molecule has 4 rings (SSSR count). The van der Waals surface area contributed by atoms with Crippen LogP contribution in [0, 0.1) is 5.92 Å². The number of amides is 3. The number of rotatable bonds is 4. The maximum absolute atomic E-state index is 13.3. The molecule has 0 atom stereocenters. The summed E-state index contributed by atoms with van der Waals surface area (Å²) in [5.41, 5.74) is 6.93. The van der Waals surface area contributed by atoms with Crippen molar-refractivity contribution >= 4 is 52.8 Å². The molecule has 31 heavy (non-hydrogen) atoms. The number of para-hydroxylation sites is 1. The van der Waals surface area contributed by atoms with Crippen molar-refractivity contribution in [2.45, 2.75) is 17.7 Å². The number of carbonyl (C=O) groups excluding carboxylic acids is 3. The lowest BCUT2D eigenvalue weighted by Crippen LogP contribution is -2.48. The Hall–Kier alpha value is -2.77. The van der Waals surface area contributed by atoms with E-state index in [0.29, 0.717) is 35.9 Å². The highest BCUT2D eigenvalue weighted by molar-refractivity contribution is 8.04. The van der Waals surface area contributed by atoms with Gasteiger partial charge in [-0.05, 0) is 48.7 Å². The van der Waals surface area contributed by atoms with Crippen molar-refractivity contribution in [3.8, 4) is 0 Å². The fourth-order valence-corrected chi connectivity index (χ4v) is 5.07. The highest BCUT2D eigenvalue weighted by atomic mass is 35.5. The molecule has 0 radical (unpaired) electrons. The maximum atomic E-state index is 13.3. The molecular formula is C23H22ClN3O3S. The number of fused-ring (bicyclic) bond motifs is 1. The van der Waals surface area contributed by atoms with Gasteiger partial charge in [0, 0.05) is 28.9 Å². The summed E-state index contributed by atoms with van der Waals surface area (Å²) in [4.78, 5) is 42.4. The van der Waals surface area contributed by atoms with Gasteiger partial charge in [0.2, 0.25) is 11.8 Å². The van der Waals surface area contributed by atoms with Gasteiger partial charge in [0.15, 0.2) is 0 Å². The monoisotopic (exact) mass is 455 g/mol. The molecule has 2 aliphatic rings. The number of nitrogens with two attached hydrogens (primary N) is 1. The van der Waals surface area contributed by atoms with Gasteiger partial charge in [0.25, 0.3) is 5.91 Å². The molecule has 2 aromatic rings. The highest BCUT2D eigenvalue weighted by Gasteiger charge is 2.33. The standard InChI is InChI=1S/C23H22ClN3O3S/c24-17-5-3-4-15(12-17)13-20-23(30)27(18-6-1-2-7-19(18)31-20)14-21(28)26-10-8-16(9-11-26)22(25)29/h1-7,12-13,16H,8-11,14H2,(H2,25,29). The minimum atomic E-state index is -0.319. The van der Waals surface area contributed by atoms with Gasteiger partial charge >= 0.3 is 0 Å². The van der Waals surface area contributed by atoms with Crippen LogP contribution in [0.2, 0.25) is 5.02 Å². The number of nitrogens with zero attached hydrogens (tertiary/aromatic N) is 2. The Balaban J connectivity index is 1.56. The summed E-state index contributed by atoms with van der Waals surface area (Å²) < 4.78 is 0. The number of halogens is 1. The van der Waals surface area contributed by atoms with E-state index >= 15 is 0 Å². The molecule has 0 bridgehead atoms. The van der Waals surface area contributed by atoms with Crippen molar-refractivity contribution in [3.05, 3.63) is 64.0 Å². The van der Waals surface area contributed by atoms with Crippen LogP contribution < -0.4 is 10.6 Å². The zero-order chi connectivity index (χ0) is 22.0. The van der Waals surface area contributed by atoms with Gasteiger partial charge in [0.1, 0.15) is 6.54 Å². The Morgan fingerprint density at radius 2 is 1.87 bits per heavy atom. The fourth-order valence-electron chi connectivity index (χ4n) is 3.82. The predicted octanol–water partition coefficient (Wildman–Crippen LogP) is 3.54. The third kappa shape index (κ3) is 4.78. The molecule has 8 heteroatoms. The van der Waals surface area contributed by atoms with Crippen molar-refractivity contribution in [2.24, 2.45) is 11.7 Å². The molecule has 2 aliphatic heterocycles. The van der Waals surface area contributed by atoms with E-state index in [1.807, 2.05) is 36.4 Å². The summed E-state index contributed by atoms with van der Waals surface area (Å²) in [5.74, 6) is -0.866. The first-order chi connectivity index (χ1) is 14.9. The average molecular weight is 456 g/mol. The molecule has 0 unspecified atom stereocenters. The molecule has 0 saturated carbocycles. The second kappa shape index (κ2) is 9.16. The second-order valence-electron chi connectivity index (χ2n) is 7.58. The Morgan fingerprint density at radius 1 is 1.13 bits per heavy atom. The number of thioether (sulfide) groups is 1. The summed E-state index contributed by atoms with van der Waals surface area (Å²) >= 11 is 7.47. The summed E-state index contributed by atoms with van der Waals surface area (Å²) in [6, 6.07) is 14.8. The number of primary amides is 1. The van der Waals surface area contributed by atoms with Crippen LogP contribution in [0.1, 0.15) is 18.4 Å². The second-order valence-corrected chi connectivity index (χ2v) is 9.10. The van der Waals surface area contributed by atoms with E-state index in [1.165, 1.54) is 16.7 Å². The molecule has 2 aromatic carbocycles. The molecule has 2 N–H and O–H groups in total. The normalized spacial score (nSPS) is 18.2. The Kier molecular flexibility index (Phi) is 6.34. The topological polar surface area (TPSA) is 83.7 Å². The van der Waals surface area contributed by atoms with E-state index in [0.717, 1.165) is 16.1 Å². The van der Waals surface area contributed by atoms with E-state index in [9.17, 15) is 14.4 Å². The summed E-state index contributed by atoms with van der Waals surface area (Å²) in [6.07, 6.45) is 2.91. The first-order valence-corrected chi connectivity index (χ1v) is 11.2. The molecule has 1 saturated heterocycles. The van der Waals surface area contributed by atoms with E-state index in [2.05, 4.69) is 0 Å². The van der Waals surface area contributed by atoms with Crippen LogP contribution in [-0.4, -0.2) is 42.3 Å². The molecule has 0 aromatic heterocycles. The zero-order valence-corrected chi connectivity index (χ0v) is 18.4. The molecule has 160 valence electrons. The first kappa shape index (κ1) is 21.5. The summed E-state index contributed by atoms with van der Waals surface area (Å²) in [7, 11) is 0. The molecule has 2 heterocycles. The van der Waals surface area contributed by atoms with Crippen LogP contribution in [0.4, 0.5) is 5.69 Å². The SMILES string of the molecule is NC(=O)C1CCN(C(=O)CN2C(=O)C(=Cc3cccc(Cl)c3)Sc3ccccc32)CC1. The minimum Gasteiger partial charge on any atom is -0.369 e. The van der Waals surface area contributed by atoms with E-state index in [1.54, 1.807) is 23.1 Å².